The summed E-state index contributed by atoms with van der Waals surface area (Å²) in [6, 6.07) is 12.3. The van der Waals surface area contributed by atoms with Crippen molar-refractivity contribution in [3.63, 3.8) is 0 Å². The van der Waals surface area contributed by atoms with Crippen molar-refractivity contribution in [2.45, 2.75) is 19.4 Å². The predicted molar refractivity (Wildman–Crippen MR) is 84.8 cm³/mol. The van der Waals surface area contributed by atoms with Gasteiger partial charge in [0.15, 0.2) is 0 Å². The zero-order valence-corrected chi connectivity index (χ0v) is 12.7. The first-order valence-electron chi connectivity index (χ1n) is 7.17. The maximum absolute atomic E-state index is 12.7. The Balaban J connectivity index is 2.32. The Morgan fingerprint density at radius 1 is 1.23 bits per heavy atom. The van der Waals surface area contributed by atoms with Gasteiger partial charge in [0.2, 0.25) is 5.56 Å². The third kappa shape index (κ3) is 3.43. The summed E-state index contributed by atoms with van der Waals surface area (Å²) in [4.78, 5) is 28.2. The average molecular weight is 300 g/mol. The van der Waals surface area contributed by atoms with E-state index in [0.717, 1.165) is 5.56 Å². The minimum absolute atomic E-state index is 0.0121. The van der Waals surface area contributed by atoms with Crippen molar-refractivity contribution in [2.75, 3.05) is 13.7 Å². The van der Waals surface area contributed by atoms with Crippen molar-refractivity contribution >= 4 is 5.91 Å². The molecular formula is C17H20N2O3. The molecule has 2 aromatic rings. The second-order valence-electron chi connectivity index (χ2n) is 5.22. The molecule has 5 heteroatoms. The molecule has 0 saturated carbocycles. The second-order valence-corrected chi connectivity index (χ2v) is 5.22. The van der Waals surface area contributed by atoms with Gasteiger partial charge in [-0.1, -0.05) is 30.3 Å². The summed E-state index contributed by atoms with van der Waals surface area (Å²) in [5.74, 6) is -0.184. The molecule has 1 atom stereocenters. The molecule has 0 fully saturated rings. The number of rotatable bonds is 5. The van der Waals surface area contributed by atoms with Crippen molar-refractivity contribution < 1.29 is 9.90 Å². The summed E-state index contributed by atoms with van der Waals surface area (Å²) in [6.45, 7) is 1.69. The van der Waals surface area contributed by atoms with Gasteiger partial charge in [-0.05, 0) is 25.0 Å². The van der Waals surface area contributed by atoms with Crippen molar-refractivity contribution in [1.29, 1.82) is 0 Å². The first-order chi connectivity index (χ1) is 10.5. The van der Waals surface area contributed by atoms with E-state index in [2.05, 4.69) is 4.98 Å². The maximum Gasteiger partial charge on any atom is 0.255 e. The van der Waals surface area contributed by atoms with Crippen molar-refractivity contribution in [3.05, 3.63) is 69.6 Å². The average Bonchev–Trinajstić information content (AvgIpc) is 2.52. The van der Waals surface area contributed by atoms with E-state index in [-0.39, 0.29) is 24.1 Å². The number of nitrogens with one attached hydrogen (secondary N) is 1. The van der Waals surface area contributed by atoms with E-state index in [1.807, 2.05) is 30.3 Å². The Morgan fingerprint density at radius 3 is 2.50 bits per heavy atom. The van der Waals surface area contributed by atoms with Gasteiger partial charge >= 0.3 is 0 Å². The highest BCUT2D eigenvalue weighted by atomic mass is 16.3. The van der Waals surface area contributed by atoms with E-state index >= 15 is 0 Å². The van der Waals surface area contributed by atoms with Crippen LogP contribution in [0.5, 0.6) is 0 Å². The summed E-state index contributed by atoms with van der Waals surface area (Å²) in [5.41, 5.74) is 1.74. The molecule has 1 unspecified atom stereocenters. The van der Waals surface area contributed by atoms with E-state index in [1.165, 1.54) is 12.1 Å². The number of amides is 1. The number of hydrogen-bond acceptors (Lipinski definition) is 3. The van der Waals surface area contributed by atoms with Gasteiger partial charge in [-0.2, -0.15) is 0 Å². The Morgan fingerprint density at radius 2 is 1.91 bits per heavy atom. The summed E-state index contributed by atoms with van der Waals surface area (Å²) < 4.78 is 0. The third-order valence-electron chi connectivity index (χ3n) is 3.72. The van der Waals surface area contributed by atoms with Gasteiger partial charge in [-0.3, -0.25) is 9.59 Å². The molecule has 0 aliphatic carbocycles. The van der Waals surface area contributed by atoms with Crippen LogP contribution < -0.4 is 5.56 Å². The van der Waals surface area contributed by atoms with Crippen LogP contribution in [0.15, 0.2) is 47.3 Å². The van der Waals surface area contributed by atoms with Gasteiger partial charge in [-0.15, -0.1) is 0 Å². The number of aromatic amines is 1. The third-order valence-corrected chi connectivity index (χ3v) is 3.72. The molecule has 0 saturated heterocycles. The zero-order valence-electron chi connectivity index (χ0n) is 12.7. The van der Waals surface area contributed by atoms with Gasteiger partial charge in [0, 0.05) is 25.4 Å². The SMILES string of the molecule is Cc1[nH]c(=O)ccc1C(=O)N(C)C(CCO)c1ccccc1. The zero-order chi connectivity index (χ0) is 16.1. The fourth-order valence-corrected chi connectivity index (χ4v) is 2.52. The van der Waals surface area contributed by atoms with Crippen LogP contribution in [0.25, 0.3) is 0 Å². The first-order valence-corrected chi connectivity index (χ1v) is 7.17. The summed E-state index contributed by atoms with van der Waals surface area (Å²) in [6.07, 6.45) is 0.453. The van der Waals surface area contributed by atoms with Crippen LogP contribution in [0.2, 0.25) is 0 Å². The molecule has 0 aliphatic heterocycles. The molecular weight excluding hydrogens is 280 g/mol. The molecule has 116 valence electrons. The highest BCUT2D eigenvalue weighted by Gasteiger charge is 2.23. The monoisotopic (exact) mass is 300 g/mol. The molecule has 1 aromatic heterocycles. The molecule has 0 aliphatic rings. The van der Waals surface area contributed by atoms with Crippen molar-refractivity contribution in [2.24, 2.45) is 0 Å². The number of aliphatic hydroxyl groups excluding tert-OH is 1. The molecule has 1 heterocycles. The van der Waals surface area contributed by atoms with Gasteiger partial charge < -0.3 is 15.0 Å². The molecule has 1 amide bonds. The van der Waals surface area contributed by atoms with E-state index in [1.54, 1.807) is 18.9 Å². The lowest BCUT2D eigenvalue weighted by Crippen LogP contribution is -2.33. The minimum Gasteiger partial charge on any atom is -0.396 e. The standard InChI is InChI=1S/C17H20N2O3/c1-12-14(8-9-16(21)18-12)17(22)19(2)15(10-11-20)13-6-4-3-5-7-13/h3-9,15,20H,10-11H2,1-2H3,(H,18,21). The number of nitrogens with zero attached hydrogens (tertiary/aromatic N) is 1. The number of H-pyrrole nitrogens is 1. The number of benzene rings is 1. The van der Waals surface area contributed by atoms with Gasteiger partial charge in [0.25, 0.3) is 5.91 Å². The van der Waals surface area contributed by atoms with Crippen LogP contribution in [0.3, 0.4) is 0 Å². The fourth-order valence-electron chi connectivity index (χ4n) is 2.52. The first kappa shape index (κ1) is 16.0. The van der Waals surface area contributed by atoms with E-state index in [4.69, 9.17) is 0 Å². The molecule has 0 radical (unpaired) electrons. The van der Waals surface area contributed by atoms with Crippen LogP contribution in [0.1, 0.15) is 34.1 Å². The number of carbonyl (C=O) groups excluding carboxylic acids is 1. The molecule has 1 aromatic carbocycles. The predicted octanol–water partition coefficient (Wildman–Crippen LogP) is 1.88. The highest BCUT2D eigenvalue weighted by molar-refractivity contribution is 5.95. The number of aliphatic hydroxyl groups is 1. The second kappa shape index (κ2) is 7.04. The molecule has 0 bridgehead atoms. The lowest BCUT2D eigenvalue weighted by molar-refractivity contribution is 0.0704. The fraction of sp³-hybridized carbons (Fsp3) is 0.294. The summed E-state index contributed by atoms with van der Waals surface area (Å²) in [7, 11) is 1.71. The van der Waals surface area contributed by atoms with E-state index in [9.17, 15) is 14.7 Å². The molecule has 2 N–H and O–H groups in total. The molecule has 5 nitrogen and oxygen atoms in total. The summed E-state index contributed by atoms with van der Waals surface area (Å²) in [5, 5.41) is 9.30. The van der Waals surface area contributed by atoms with Crippen LogP contribution in [-0.2, 0) is 0 Å². The lowest BCUT2D eigenvalue weighted by atomic mass is 10.0. The highest BCUT2D eigenvalue weighted by Crippen LogP contribution is 2.24. The van der Waals surface area contributed by atoms with Gasteiger partial charge in [-0.25, -0.2) is 0 Å². The maximum atomic E-state index is 12.7. The van der Waals surface area contributed by atoms with Crippen LogP contribution >= 0.6 is 0 Å². The molecule has 2 rings (SSSR count). The van der Waals surface area contributed by atoms with Crippen LogP contribution in [0, 0.1) is 6.92 Å². The topological polar surface area (TPSA) is 73.4 Å². The number of hydrogen-bond donors (Lipinski definition) is 2. The lowest BCUT2D eigenvalue weighted by Gasteiger charge is -2.28. The molecule has 0 spiro atoms. The number of aromatic nitrogens is 1. The van der Waals surface area contributed by atoms with Gasteiger partial charge in [0.05, 0.1) is 11.6 Å². The van der Waals surface area contributed by atoms with Crippen LogP contribution in [-0.4, -0.2) is 34.6 Å². The van der Waals surface area contributed by atoms with Crippen molar-refractivity contribution in [1.82, 2.24) is 9.88 Å². The van der Waals surface area contributed by atoms with Gasteiger partial charge in [0.1, 0.15) is 0 Å². The number of carbonyl (C=O) groups is 1. The smallest absolute Gasteiger partial charge is 0.255 e. The Labute approximate surface area is 129 Å². The number of pyridine rings is 1. The largest absolute Gasteiger partial charge is 0.396 e. The Kier molecular flexibility index (Phi) is 5.12. The van der Waals surface area contributed by atoms with Crippen LogP contribution in [0.4, 0.5) is 0 Å². The minimum atomic E-state index is -0.230. The molecule has 22 heavy (non-hydrogen) atoms. The normalized spacial score (nSPS) is 12.0. The Bertz CT molecular complexity index is 695. The quantitative estimate of drug-likeness (QED) is 0.885. The number of aryl methyl sites for hydroxylation is 1. The van der Waals surface area contributed by atoms with Crippen molar-refractivity contribution in [3.8, 4) is 0 Å². The summed E-state index contributed by atoms with van der Waals surface area (Å²) >= 11 is 0. The van der Waals surface area contributed by atoms with E-state index < -0.39 is 0 Å². The van der Waals surface area contributed by atoms with E-state index in [0.29, 0.717) is 17.7 Å². The Hall–Kier alpha value is -2.40.